The molecule has 0 unspecified atom stereocenters. The zero-order chi connectivity index (χ0) is 14.5. The molecule has 6 nitrogen and oxygen atoms in total. The highest BCUT2D eigenvalue weighted by molar-refractivity contribution is 6.00. The van der Waals surface area contributed by atoms with E-state index in [1.54, 1.807) is 18.3 Å². The van der Waals surface area contributed by atoms with Gasteiger partial charge in [-0.15, -0.1) is 0 Å². The maximum absolute atomic E-state index is 13.5. The minimum Gasteiger partial charge on any atom is -0.478 e. The number of carbonyl (C=O) groups excluding carboxylic acids is 1. The van der Waals surface area contributed by atoms with E-state index in [0.29, 0.717) is 5.69 Å². The summed E-state index contributed by atoms with van der Waals surface area (Å²) in [6.07, 6.45) is 2.96. The Kier molecular flexibility index (Phi) is 3.90. The quantitative estimate of drug-likeness (QED) is 0.802. The van der Waals surface area contributed by atoms with Crippen LogP contribution in [-0.2, 0) is 0 Å². The van der Waals surface area contributed by atoms with Crippen molar-refractivity contribution in [1.82, 2.24) is 4.98 Å². The van der Waals surface area contributed by atoms with Crippen LogP contribution in [0.4, 0.5) is 20.6 Å². The molecular formula is C13H10FN3O3. The smallest absolute Gasteiger partial charge is 0.335 e. The zero-order valence-corrected chi connectivity index (χ0v) is 10.1. The lowest BCUT2D eigenvalue weighted by Gasteiger charge is -2.08. The van der Waals surface area contributed by atoms with E-state index < -0.39 is 17.8 Å². The minimum atomic E-state index is -1.21. The van der Waals surface area contributed by atoms with Crippen molar-refractivity contribution in [1.29, 1.82) is 0 Å². The second kappa shape index (κ2) is 5.79. The number of aromatic carboxylic acids is 1. The van der Waals surface area contributed by atoms with Crippen molar-refractivity contribution in [3.8, 4) is 0 Å². The van der Waals surface area contributed by atoms with Crippen molar-refractivity contribution in [3.63, 3.8) is 0 Å². The standard InChI is InChI=1S/C13H10FN3O3/c14-10-4-3-8(12(18)19)6-11(10)17-13(20)16-9-2-1-5-15-7-9/h1-7H,(H,18,19)(H2,16,17,20). The molecule has 2 amide bonds. The number of hydrogen-bond donors (Lipinski definition) is 3. The molecule has 3 N–H and O–H groups in total. The number of nitrogens with one attached hydrogen (secondary N) is 2. The lowest BCUT2D eigenvalue weighted by molar-refractivity contribution is 0.0697. The molecule has 2 aromatic rings. The molecule has 0 aliphatic rings. The molecule has 0 atom stereocenters. The number of carboxylic acid groups (broad SMARTS) is 1. The number of anilines is 2. The molecule has 102 valence electrons. The Morgan fingerprint density at radius 1 is 1.20 bits per heavy atom. The maximum atomic E-state index is 13.5. The number of carbonyl (C=O) groups is 2. The maximum Gasteiger partial charge on any atom is 0.335 e. The summed E-state index contributed by atoms with van der Waals surface area (Å²) in [4.78, 5) is 26.2. The zero-order valence-electron chi connectivity index (χ0n) is 10.1. The number of carboxylic acids is 1. The van der Waals surface area contributed by atoms with Crippen molar-refractivity contribution in [2.45, 2.75) is 0 Å². The Balaban J connectivity index is 2.11. The molecular weight excluding hydrogens is 265 g/mol. The molecule has 0 aliphatic heterocycles. The van der Waals surface area contributed by atoms with Gasteiger partial charge < -0.3 is 15.7 Å². The van der Waals surface area contributed by atoms with Crippen molar-refractivity contribution in [2.24, 2.45) is 0 Å². The predicted molar refractivity (Wildman–Crippen MR) is 70.2 cm³/mol. The number of aromatic nitrogens is 1. The second-order valence-corrected chi connectivity index (χ2v) is 3.82. The topological polar surface area (TPSA) is 91.3 Å². The van der Waals surface area contributed by atoms with Crippen LogP contribution in [0.1, 0.15) is 10.4 Å². The SMILES string of the molecule is O=C(Nc1cccnc1)Nc1cc(C(=O)O)ccc1F. The third-order valence-corrected chi connectivity index (χ3v) is 2.38. The fourth-order valence-corrected chi connectivity index (χ4v) is 1.48. The molecule has 20 heavy (non-hydrogen) atoms. The number of benzene rings is 1. The first-order chi connectivity index (χ1) is 9.56. The summed E-state index contributed by atoms with van der Waals surface area (Å²) in [6, 6.07) is 5.67. The predicted octanol–water partition coefficient (Wildman–Crippen LogP) is 2.56. The fraction of sp³-hybridized carbons (Fsp3) is 0. The van der Waals surface area contributed by atoms with Gasteiger partial charge in [0.2, 0.25) is 0 Å². The van der Waals surface area contributed by atoms with Gasteiger partial charge in [0.1, 0.15) is 5.82 Å². The molecule has 2 rings (SSSR count). The number of halogens is 1. The van der Waals surface area contributed by atoms with E-state index in [1.807, 2.05) is 0 Å². The summed E-state index contributed by atoms with van der Waals surface area (Å²) in [5.74, 6) is -1.93. The molecule has 0 spiro atoms. The first kappa shape index (κ1) is 13.5. The molecule has 0 bridgehead atoms. The van der Waals surface area contributed by atoms with Crippen molar-refractivity contribution < 1.29 is 19.1 Å². The van der Waals surface area contributed by atoms with Gasteiger partial charge in [0.15, 0.2) is 0 Å². The van der Waals surface area contributed by atoms with Crippen LogP contribution >= 0.6 is 0 Å². The van der Waals surface area contributed by atoms with Gasteiger partial charge in [-0.05, 0) is 30.3 Å². The molecule has 0 saturated heterocycles. The van der Waals surface area contributed by atoms with E-state index in [1.165, 1.54) is 6.20 Å². The van der Waals surface area contributed by atoms with E-state index in [2.05, 4.69) is 15.6 Å². The molecule has 1 aromatic carbocycles. The highest BCUT2D eigenvalue weighted by Crippen LogP contribution is 2.16. The lowest BCUT2D eigenvalue weighted by atomic mass is 10.2. The number of pyridine rings is 1. The van der Waals surface area contributed by atoms with Crippen molar-refractivity contribution in [2.75, 3.05) is 10.6 Å². The highest BCUT2D eigenvalue weighted by atomic mass is 19.1. The lowest BCUT2D eigenvalue weighted by Crippen LogP contribution is -2.20. The number of rotatable bonds is 3. The van der Waals surface area contributed by atoms with Gasteiger partial charge in [0.05, 0.1) is 23.1 Å². The first-order valence-electron chi connectivity index (χ1n) is 5.57. The minimum absolute atomic E-state index is 0.122. The van der Waals surface area contributed by atoms with E-state index >= 15 is 0 Å². The molecule has 7 heteroatoms. The normalized spacial score (nSPS) is 9.85. The molecule has 1 heterocycles. The molecule has 0 aliphatic carbocycles. The summed E-state index contributed by atoms with van der Waals surface area (Å²) >= 11 is 0. The van der Waals surface area contributed by atoms with Gasteiger partial charge in [0, 0.05) is 6.20 Å². The summed E-state index contributed by atoms with van der Waals surface area (Å²) in [5.41, 5.74) is 0.0918. The molecule has 0 fully saturated rings. The third-order valence-electron chi connectivity index (χ3n) is 2.38. The molecule has 0 radical (unpaired) electrons. The van der Waals surface area contributed by atoms with E-state index in [0.717, 1.165) is 18.2 Å². The highest BCUT2D eigenvalue weighted by Gasteiger charge is 2.11. The largest absolute Gasteiger partial charge is 0.478 e. The van der Waals surface area contributed by atoms with Crippen molar-refractivity contribution in [3.05, 3.63) is 54.1 Å². The average Bonchev–Trinajstić information content (AvgIpc) is 2.42. The first-order valence-corrected chi connectivity index (χ1v) is 5.57. The summed E-state index contributed by atoms with van der Waals surface area (Å²) in [5, 5.41) is 13.5. The Bertz CT molecular complexity index is 647. The van der Waals surface area contributed by atoms with Crippen LogP contribution in [0.5, 0.6) is 0 Å². The van der Waals surface area contributed by atoms with Crippen LogP contribution in [0, 0.1) is 5.82 Å². The molecule has 1 aromatic heterocycles. The summed E-state index contributed by atoms with van der Waals surface area (Å²) in [7, 11) is 0. The van der Waals surface area contributed by atoms with E-state index in [4.69, 9.17) is 5.11 Å². The van der Waals surface area contributed by atoms with E-state index in [9.17, 15) is 14.0 Å². The van der Waals surface area contributed by atoms with Crippen LogP contribution in [0.25, 0.3) is 0 Å². The third kappa shape index (κ3) is 3.29. The second-order valence-electron chi connectivity index (χ2n) is 3.82. The van der Waals surface area contributed by atoms with Gasteiger partial charge in [-0.25, -0.2) is 14.0 Å². The average molecular weight is 275 g/mol. The van der Waals surface area contributed by atoms with Gasteiger partial charge in [0.25, 0.3) is 0 Å². The molecule has 0 saturated carbocycles. The van der Waals surface area contributed by atoms with Gasteiger partial charge in [-0.2, -0.15) is 0 Å². The van der Waals surface area contributed by atoms with Gasteiger partial charge in [-0.3, -0.25) is 4.98 Å². The Hall–Kier alpha value is -2.96. The van der Waals surface area contributed by atoms with Crippen LogP contribution < -0.4 is 10.6 Å². The Labute approximate surface area is 113 Å². The van der Waals surface area contributed by atoms with Crippen LogP contribution in [-0.4, -0.2) is 22.1 Å². The Morgan fingerprint density at radius 3 is 2.65 bits per heavy atom. The number of nitrogens with zero attached hydrogens (tertiary/aromatic N) is 1. The number of urea groups is 1. The summed E-state index contributed by atoms with van der Waals surface area (Å²) < 4.78 is 13.5. The van der Waals surface area contributed by atoms with Gasteiger partial charge in [-0.1, -0.05) is 0 Å². The monoisotopic (exact) mass is 275 g/mol. The fourth-order valence-electron chi connectivity index (χ4n) is 1.48. The number of amides is 2. The van der Waals surface area contributed by atoms with Crippen LogP contribution in [0.2, 0.25) is 0 Å². The Morgan fingerprint density at radius 2 is 2.00 bits per heavy atom. The van der Waals surface area contributed by atoms with Crippen molar-refractivity contribution >= 4 is 23.4 Å². The van der Waals surface area contributed by atoms with E-state index in [-0.39, 0.29) is 11.3 Å². The van der Waals surface area contributed by atoms with Crippen LogP contribution in [0.3, 0.4) is 0 Å². The van der Waals surface area contributed by atoms with Crippen LogP contribution in [0.15, 0.2) is 42.7 Å². The number of hydrogen-bond acceptors (Lipinski definition) is 3. The summed E-state index contributed by atoms with van der Waals surface area (Å²) in [6.45, 7) is 0. The van der Waals surface area contributed by atoms with Gasteiger partial charge >= 0.3 is 12.0 Å².